The quantitative estimate of drug-likeness (QED) is 0.727. The molecule has 0 atom stereocenters. The first kappa shape index (κ1) is 16.1. The van der Waals surface area contributed by atoms with Crippen molar-refractivity contribution in [3.8, 4) is 11.1 Å². The third-order valence-corrected chi connectivity index (χ3v) is 3.55. The Hall–Kier alpha value is -2.75. The summed E-state index contributed by atoms with van der Waals surface area (Å²) in [6, 6.07) is 16.1. The highest BCUT2D eigenvalue weighted by molar-refractivity contribution is 5.92. The van der Waals surface area contributed by atoms with Gasteiger partial charge in [0.2, 0.25) is 0 Å². The second-order valence-corrected chi connectivity index (χ2v) is 6.70. The molecule has 3 rings (SSSR count). The molecule has 24 heavy (non-hydrogen) atoms. The molecule has 1 N–H and O–H groups in total. The molecule has 1 amide bonds. The SMILES string of the molecule is CC(C)(C)OC(=O)NCc1cccc(-c2cccc3ccoc23)c1. The van der Waals surface area contributed by atoms with E-state index in [1.807, 2.05) is 63.2 Å². The molecule has 1 aromatic heterocycles. The number of rotatable bonds is 3. The summed E-state index contributed by atoms with van der Waals surface area (Å²) in [5.74, 6) is 0. The number of fused-ring (bicyclic) bond motifs is 1. The second-order valence-electron chi connectivity index (χ2n) is 6.70. The van der Waals surface area contributed by atoms with Crippen LogP contribution < -0.4 is 5.32 Å². The third-order valence-electron chi connectivity index (χ3n) is 3.55. The number of alkyl carbamates (subject to hydrolysis) is 1. The summed E-state index contributed by atoms with van der Waals surface area (Å²) in [4.78, 5) is 11.8. The predicted octanol–water partition coefficient (Wildman–Crippen LogP) is 5.12. The van der Waals surface area contributed by atoms with Crippen LogP contribution in [0.4, 0.5) is 4.79 Å². The largest absolute Gasteiger partial charge is 0.464 e. The van der Waals surface area contributed by atoms with Gasteiger partial charge >= 0.3 is 6.09 Å². The lowest BCUT2D eigenvalue weighted by Gasteiger charge is -2.19. The van der Waals surface area contributed by atoms with Gasteiger partial charge in [0.1, 0.15) is 11.2 Å². The van der Waals surface area contributed by atoms with E-state index in [0.29, 0.717) is 6.54 Å². The number of amides is 1. The van der Waals surface area contributed by atoms with Crippen LogP contribution in [0, 0.1) is 0 Å². The Balaban J connectivity index is 1.78. The molecule has 0 aliphatic rings. The van der Waals surface area contributed by atoms with Crippen LogP contribution in [0.15, 0.2) is 59.2 Å². The first-order valence-electron chi connectivity index (χ1n) is 7.95. The van der Waals surface area contributed by atoms with E-state index in [1.165, 1.54) is 0 Å². The van der Waals surface area contributed by atoms with Crippen molar-refractivity contribution < 1.29 is 13.9 Å². The summed E-state index contributed by atoms with van der Waals surface area (Å²) in [5.41, 5.74) is 3.47. The minimum absolute atomic E-state index is 0.414. The molecule has 0 spiro atoms. The van der Waals surface area contributed by atoms with Gasteiger partial charge in [-0.2, -0.15) is 0 Å². The fraction of sp³-hybridized carbons (Fsp3) is 0.250. The Kier molecular flexibility index (Phi) is 4.30. The fourth-order valence-electron chi connectivity index (χ4n) is 2.56. The van der Waals surface area contributed by atoms with Crippen LogP contribution in [0.5, 0.6) is 0 Å². The predicted molar refractivity (Wildman–Crippen MR) is 94.7 cm³/mol. The summed E-state index contributed by atoms with van der Waals surface area (Å²) < 4.78 is 10.9. The van der Waals surface area contributed by atoms with Crippen LogP contribution in [-0.2, 0) is 11.3 Å². The van der Waals surface area contributed by atoms with Gasteiger partial charge in [-0.3, -0.25) is 0 Å². The van der Waals surface area contributed by atoms with Gasteiger partial charge in [-0.25, -0.2) is 4.79 Å². The van der Waals surface area contributed by atoms with Gasteiger partial charge in [0, 0.05) is 17.5 Å². The minimum atomic E-state index is -0.499. The summed E-state index contributed by atoms with van der Waals surface area (Å²) in [7, 11) is 0. The molecule has 1 heterocycles. The van der Waals surface area contributed by atoms with Crippen molar-refractivity contribution in [2.45, 2.75) is 32.9 Å². The van der Waals surface area contributed by atoms with E-state index < -0.39 is 11.7 Å². The Bertz CT molecular complexity index is 858. The van der Waals surface area contributed by atoms with Gasteiger partial charge in [0.25, 0.3) is 0 Å². The van der Waals surface area contributed by atoms with E-state index in [9.17, 15) is 4.79 Å². The topological polar surface area (TPSA) is 51.5 Å². The molecule has 0 unspecified atom stereocenters. The molecule has 124 valence electrons. The number of ether oxygens (including phenoxy) is 1. The van der Waals surface area contributed by atoms with E-state index >= 15 is 0 Å². The van der Waals surface area contributed by atoms with E-state index in [2.05, 4.69) is 11.4 Å². The molecule has 0 saturated carbocycles. The molecule has 0 bridgehead atoms. The van der Waals surface area contributed by atoms with Crippen molar-refractivity contribution >= 4 is 17.1 Å². The van der Waals surface area contributed by atoms with Crippen molar-refractivity contribution in [3.63, 3.8) is 0 Å². The normalized spacial score (nSPS) is 11.5. The average molecular weight is 323 g/mol. The molecular formula is C20H21NO3. The maximum atomic E-state index is 11.8. The number of para-hydroxylation sites is 1. The second kappa shape index (κ2) is 6.40. The van der Waals surface area contributed by atoms with Crippen molar-refractivity contribution in [2.75, 3.05) is 0 Å². The van der Waals surface area contributed by atoms with Crippen LogP contribution in [0.25, 0.3) is 22.1 Å². The molecule has 4 nitrogen and oxygen atoms in total. The Morgan fingerprint density at radius 2 is 1.92 bits per heavy atom. The molecule has 0 fully saturated rings. The first-order chi connectivity index (χ1) is 11.4. The van der Waals surface area contributed by atoms with Crippen molar-refractivity contribution in [1.29, 1.82) is 0 Å². The zero-order chi connectivity index (χ0) is 17.2. The highest BCUT2D eigenvalue weighted by Gasteiger charge is 2.15. The van der Waals surface area contributed by atoms with Crippen molar-refractivity contribution in [2.24, 2.45) is 0 Å². The van der Waals surface area contributed by atoms with E-state index in [0.717, 1.165) is 27.7 Å². The lowest BCUT2D eigenvalue weighted by Crippen LogP contribution is -2.32. The first-order valence-corrected chi connectivity index (χ1v) is 7.95. The number of hydrogen-bond acceptors (Lipinski definition) is 3. The minimum Gasteiger partial charge on any atom is -0.464 e. The van der Waals surface area contributed by atoms with E-state index in [4.69, 9.17) is 9.15 Å². The van der Waals surface area contributed by atoms with Crippen LogP contribution in [-0.4, -0.2) is 11.7 Å². The molecule has 4 heteroatoms. The fourth-order valence-corrected chi connectivity index (χ4v) is 2.56. The van der Waals surface area contributed by atoms with E-state index in [1.54, 1.807) is 6.26 Å². The smallest absolute Gasteiger partial charge is 0.407 e. The highest BCUT2D eigenvalue weighted by atomic mass is 16.6. The third kappa shape index (κ3) is 3.77. The lowest BCUT2D eigenvalue weighted by atomic mass is 10.0. The summed E-state index contributed by atoms with van der Waals surface area (Å²) in [6.45, 7) is 5.95. The van der Waals surface area contributed by atoms with Crippen molar-refractivity contribution in [1.82, 2.24) is 5.32 Å². The van der Waals surface area contributed by atoms with Crippen LogP contribution in [0.2, 0.25) is 0 Å². The van der Waals surface area contributed by atoms with Gasteiger partial charge in [-0.05, 0) is 44.0 Å². The van der Waals surface area contributed by atoms with Gasteiger partial charge in [0.05, 0.1) is 6.26 Å². The van der Waals surface area contributed by atoms with Crippen molar-refractivity contribution in [3.05, 3.63) is 60.4 Å². The molecule has 2 aromatic carbocycles. The monoisotopic (exact) mass is 323 g/mol. The number of nitrogens with one attached hydrogen (secondary N) is 1. The van der Waals surface area contributed by atoms with Crippen LogP contribution in [0.1, 0.15) is 26.3 Å². The summed E-state index contributed by atoms with van der Waals surface area (Å²) in [6.07, 6.45) is 1.28. The van der Waals surface area contributed by atoms with Gasteiger partial charge in [-0.15, -0.1) is 0 Å². The molecule has 0 radical (unpaired) electrons. The molecule has 3 aromatic rings. The molecular weight excluding hydrogens is 302 g/mol. The van der Waals surface area contributed by atoms with Gasteiger partial charge in [0.15, 0.2) is 0 Å². The maximum absolute atomic E-state index is 11.8. The average Bonchev–Trinajstić information content (AvgIpc) is 3.00. The Labute approximate surface area is 141 Å². The molecule has 0 saturated heterocycles. The zero-order valence-electron chi connectivity index (χ0n) is 14.1. The molecule has 0 aliphatic heterocycles. The van der Waals surface area contributed by atoms with Gasteiger partial charge in [-0.1, -0.05) is 36.4 Å². The zero-order valence-corrected chi connectivity index (χ0v) is 14.1. The number of carbonyl (C=O) groups is 1. The number of furan rings is 1. The Morgan fingerprint density at radius 1 is 1.12 bits per heavy atom. The van der Waals surface area contributed by atoms with Crippen LogP contribution >= 0.6 is 0 Å². The van der Waals surface area contributed by atoms with Crippen LogP contribution in [0.3, 0.4) is 0 Å². The maximum Gasteiger partial charge on any atom is 0.407 e. The molecule has 0 aliphatic carbocycles. The standard InChI is InChI=1S/C20H21NO3/c1-20(2,3)24-19(22)21-13-14-6-4-8-16(12-14)17-9-5-7-15-10-11-23-18(15)17/h4-12H,13H2,1-3H3,(H,21,22). The van der Waals surface area contributed by atoms with Gasteiger partial charge < -0.3 is 14.5 Å². The summed E-state index contributed by atoms with van der Waals surface area (Å²) in [5, 5.41) is 3.86. The number of benzene rings is 2. The Morgan fingerprint density at radius 3 is 2.71 bits per heavy atom. The van der Waals surface area contributed by atoms with E-state index in [-0.39, 0.29) is 0 Å². The summed E-state index contributed by atoms with van der Waals surface area (Å²) >= 11 is 0. The lowest BCUT2D eigenvalue weighted by molar-refractivity contribution is 0.0523. The number of hydrogen-bond donors (Lipinski definition) is 1. The number of carbonyl (C=O) groups excluding carboxylic acids is 1. The highest BCUT2D eigenvalue weighted by Crippen LogP contribution is 2.29.